The molecule has 0 aliphatic heterocycles. The van der Waals surface area contributed by atoms with Gasteiger partial charge in [-0.2, -0.15) is 0 Å². The summed E-state index contributed by atoms with van der Waals surface area (Å²) in [5.41, 5.74) is 2.89. The SMILES string of the molecule is CCCCn1c(C)c(C(=O)OC)c(C(=O)OCC)c1-c1ccccc1. The van der Waals surface area contributed by atoms with Crippen molar-refractivity contribution in [1.82, 2.24) is 4.57 Å². The van der Waals surface area contributed by atoms with Gasteiger partial charge in [0.05, 0.1) is 25.0 Å². The highest BCUT2D eigenvalue weighted by Crippen LogP contribution is 2.33. The molecule has 5 nitrogen and oxygen atoms in total. The van der Waals surface area contributed by atoms with Crippen molar-refractivity contribution in [2.45, 2.75) is 40.2 Å². The second-order valence-electron chi connectivity index (χ2n) is 5.77. The molecule has 0 saturated heterocycles. The molecule has 0 bridgehead atoms. The van der Waals surface area contributed by atoms with E-state index in [0.29, 0.717) is 5.69 Å². The van der Waals surface area contributed by atoms with Crippen LogP contribution in [0, 0.1) is 6.92 Å². The first kappa shape index (κ1) is 18.8. The molecule has 0 saturated carbocycles. The maximum atomic E-state index is 12.7. The third-order valence-electron chi connectivity index (χ3n) is 4.17. The van der Waals surface area contributed by atoms with Gasteiger partial charge in [-0.15, -0.1) is 0 Å². The number of esters is 2. The molecular weight excluding hydrogens is 318 g/mol. The number of carbonyl (C=O) groups excluding carboxylic acids is 2. The predicted octanol–water partition coefficient (Wildman–Crippen LogP) is 4.23. The Labute approximate surface area is 148 Å². The lowest BCUT2D eigenvalue weighted by Crippen LogP contribution is -2.12. The van der Waals surface area contributed by atoms with Crippen LogP contribution < -0.4 is 0 Å². The number of nitrogens with zero attached hydrogens (tertiary/aromatic N) is 1. The van der Waals surface area contributed by atoms with E-state index in [9.17, 15) is 9.59 Å². The average Bonchev–Trinajstić information content (AvgIpc) is 2.92. The summed E-state index contributed by atoms with van der Waals surface area (Å²) in [4.78, 5) is 25.1. The summed E-state index contributed by atoms with van der Waals surface area (Å²) in [6.07, 6.45) is 1.95. The van der Waals surface area contributed by atoms with Gasteiger partial charge in [0.2, 0.25) is 0 Å². The lowest BCUT2D eigenvalue weighted by molar-refractivity contribution is 0.0505. The van der Waals surface area contributed by atoms with Gasteiger partial charge < -0.3 is 14.0 Å². The normalized spacial score (nSPS) is 10.6. The fourth-order valence-corrected chi connectivity index (χ4v) is 2.98. The molecule has 1 aromatic heterocycles. The Bertz CT molecular complexity index is 747. The average molecular weight is 343 g/mol. The zero-order valence-corrected chi connectivity index (χ0v) is 15.3. The van der Waals surface area contributed by atoms with Crippen molar-refractivity contribution >= 4 is 11.9 Å². The van der Waals surface area contributed by atoms with Crippen LogP contribution >= 0.6 is 0 Å². The summed E-state index contributed by atoms with van der Waals surface area (Å²) >= 11 is 0. The Kier molecular flexibility index (Phi) is 6.39. The predicted molar refractivity (Wildman–Crippen MR) is 96.8 cm³/mol. The molecule has 25 heavy (non-hydrogen) atoms. The van der Waals surface area contributed by atoms with E-state index in [1.807, 2.05) is 41.8 Å². The van der Waals surface area contributed by atoms with Gasteiger partial charge in [-0.3, -0.25) is 0 Å². The zero-order chi connectivity index (χ0) is 18.4. The molecule has 134 valence electrons. The third kappa shape index (κ3) is 3.76. The Balaban J connectivity index is 2.79. The van der Waals surface area contributed by atoms with Crippen LogP contribution in [0.1, 0.15) is 53.1 Å². The van der Waals surface area contributed by atoms with Crippen LogP contribution in [0.4, 0.5) is 0 Å². The van der Waals surface area contributed by atoms with Gasteiger partial charge in [0.25, 0.3) is 0 Å². The monoisotopic (exact) mass is 343 g/mol. The minimum atomic E-state index is -0.520. The van der Waals surface area contributed by atoms with E-state index in [1.165, 1.54) is 7.11 Å². The fraction of sp³-hybridized carbons (Fsp3) is 0.400. The van der Waals surface area contributed by atoms with Crippen LogP contribution in [0.3, 0.4) is 0 Å². The number of carbonyl (C=O) groups is 2. The van der Waals surface area contributed by atoms with Crippen molar-refractivity contribution in [3.8, 4) is 11.3 Å². The lowest BCUT2D eigenvalue weighted by Gasteiger charge is -2.12. The molecule has 0 amide bonds. The summed E-state index contributed by atoms with van der Waals surface area (Å²) in [5.74, 6) is -1.02. The molecule has 0 radical (unpaired) electrons. The molecule has 0 atom stereocenters. The molecule has 1 aromatic carbocycles. The number of ether oxygens (including phenoxy) is 2. The lowest BCUT2D eigenvalue weighted by atomic mass is 10.0. The van der Waals surface area contributed by atoms with Crippen LogP contribution in [0.5, 0.6) is 0 Å². The standard InChI is InChI=1S/C20H25NO4/c1-5-7-13-21-14(3)16(19(22)24-4)17(20(23)25-6-2)18(21)15-11-9-8-10-12-15/h8-12H,5-7,13H2,1-4H3. The van der Waals surface area contributed by atoms with Crippen molar-refractivity contribution in [1.29, 1.82) is 0 Å². The smallest absolute Gasteiger partial charge is 0.341 e. The molecule has 0 unspecified atom stereocenters. The molecule has 0 fully saturated rings. The van der Waals surface area contributed by atoms with Crippen molar-refractivity contribution in [3.05, 3.63) is 47.2 Å². The van der Waals surface area contributed by atoms with Gasteiger partial charge in [0, 0.05) is 12.2 Å². The molecule has 5 heteroatoms. The second-order valence-corrected chi connectivity index (χ2v) is 5.77. The number of hydrogen-bond donors (Lipinski definition) is 0. The summed E-state index contributed by atoms with van der Waals surface area (Å²) in [5, 5.41) is 0. The first-order valence-corrected chi connectivity index (χ1v) is 8.60. The van der Waals surface area contributed by atoms with E-state index in [0.717, 1.165) is 30.6 Å². The Morgan fingerprint density at radius 2 is 1.72 bits per heavy atom. The molecule has 1 heterocycles. The number of benzene rings is 1. The molecule has 0 aliphatic carbocycles. The number of unbranched alkanes of at least 4 members (excludes halogenated alkanes) is 1. The van der Waals surface area contributed by atoms with Crippen LogP contribution in [0.25, 0.3) is 11.3 Å². The zero-order valence-electron chi connectivity index (χ0n) is 15.3. The van der Waals surface area contributed by atoms with Crippen LogP contribution in [0.2, 0.25) is 0 Å². The largest absolute Gasteiger partial charge is 0.465 e. The van der Waals surface area contributed by atoms with Gasteiger partial charge in [-0.25, -0.2) is 9.59 Å². The molecule has 2 aromatic rings. The molecule has 0 spiro atoms. The van der Waals surface area contributed by atoms with Crippen LogP contribution in [-0.4, -0.2) is 30.2 Å². The van der Waals surface area contributed by atoms with Gasteiger partial charge in [0.1, 0.15) is 5.56 Å². The van der Waals surface area contributed by atoms with Crippen LogP contribution in [-0.2, 0) is 16.0 Å². The van der Waals surface area contributed by atoms with Crippen molar-refractivity contribution in [2.75, 3.05) is 13.7 Å². The summed E-state index contributed by atoms with van der Waals surface area (Å²) in [6, 6.07) is 9.60. The summed E-state index contributed by atoms with van der Waals surface area (Å²) in [6.45, 7) is 6.66. The summed E-state index contributed by atoms with van der Waals surface area (Å²) < 4.78 is 12.2. The van der Waals surface area contributed by atoms with E-state index < -0.39 is 11.9 Å². The minimum absolute atomic E-state index is 0.243. The Morgan fingerprint density at radius 3 is 2.28 bits per heavy atom. The number of aromatic nitrogens is 1. The maximum absolute atomic E-state index is 12.7. The van der Waals surface area contributed by atoms with E-state index in [-0.39, 0.29) is 17.7 Å². The number of hydrogen-bond acceptors (Lipinski definition) is 4. The van der Waals surface area contributed by atoms with E-state index in [4.69, 9.17) is 9.47 Å². The Morgan fingerprint density at radius 1 is 1.04 bits per heavy atom. The van der Waals surface area contributed by atoms with Crippen molar-refractivity contribution in [2.24, 2.45) is 0 Å². The number of rotatable bonds is 7. The first-order valence-electron chi connectivity index (χ1n) is 8.60. The van der Waals surface area contributed by atoms with Crippen LogP contribution in [0.15, 0.2) is 30.3 Å². The molecule has 0 aliphatic rings. The topological polar surface area (TPSA) is 57.5 Å². The maximum Gasteiger partial charge on any atom is 0.341 e. The van der Waals surface area contributed by atoms with E-state index in [2.05, 4.69) is 6.92 Å². The first-order chi connectivity index (χ1) is 12.1. The molecular formula is C20H25NO4. The van der Waals surface area contributed by atoms with Gasteiger partial charge in [-0.1, -0.05) is 43.7 Å². The Hall–Kier alpha value is -2.56. The fourth-order valence-electron chi connectivity index (χ4n) is 2.98. The highest BCUT2D eigenvalue weighted by Gasteiger charge is 2.31. The highest BCUT2D eigenvalue weighted by atomic mass is 16.5. The van der Waals surface area contributed by atoms with Crippen molar-refractivity contribution < 1.29 is 19.1 Å². The van der Waals surface area contributed by atoms with E-state index >= 15 is 0 Å². The van der Waals surface area contributed by atoms with Gasteiger partial charge in [0.15, 0.2) is 0 Å². The van der Waals surface area contributed by atoms with Gasteiger partial charge >= 0.3 is 11.9 Å². The number of methoxy groups -OCH3 is 1. The second kappa shape index (κ2) is 8.51. The summed E-state index contributed by atoms with van der Waals surface area (Å²) in [7, 11) is 1.32. The quantitative estimate of drug-likeness (QED) is 0.706. The van der Waals surface area contributed by atoms with Gasteiger partial charge in [-0.05, 0) is 25.8 Å². The molecule has 0 N–H and O–H groups in total. The minimum Gasteiger partial charge on any atom is -0.465 e. The van der Waals surface area contributed by atoms with E-state index in [1.54, 1.807) is 6.92 Å². The third-order valence-corrected chi connectivity index (χ3v) is 4.17. The molecule has 2 rings (SSSR count). The van der Waals surface area contributed by atoms with Crippen molar-refractivity contribution in [3.63, 3.8) is 0 Å². The highest BCUT2D eigenvalue weighted by molar-refractivity contribution is 6.08.